The van der Waals surface area contributed by atoms with Gasteiger partial charge in [-0.05, 0) is 75.5 Å². The highest BCUT2D eigenvalue weighted by molar-refractivity contribution is 6.13. The van der Waals surface area contributed by atoms with Crippen LogP contribution < -0.4 is 0 Å². The van der Waals surface area contributed by atoms with E-state index < -0.39 is 0 Å². The fourth-order valence-electron chi connectivity index (χ4n) is 8.23. The standard InChI is InChI=1S/C46H29N3O2/c1-46(2)35-25-28(21-22-29(35)34-23-26-11-3-4-12-27(26)24-36(34)46)43-47-44(32-15-9-19-39-41(32)30-13-5-7-17-37(30)50-39)49-45(48-43)33-16-10-20-40-42(33)31-14-6-8-18-38(31)51-40/h3-25H,1-2H3. The lowest BCUT2D eigenvalue weighted by atomic mass is 9.81. The third kappa shape index (κ3) is 4.06. The molecule has 5 nitrogen and oxygen atoms in total. The molecule has 7 aromatic carbocycles. The Kier molecular flexibility index (Phi) is 5.66. The average Bonchev–Trinajstić information content (AvgIpc) is 3.81. The van der Waals surface area contributed by atoms with E-state index in [0.29, 0.717) is 17.5 Å². The summed E-state index contributed by atoms with van der Waals surface area (Å²) in [5.41, 5.74) is 10.9. The van der Waals surface area contributed by atoms with E-state index in [4.69, 9.17) is 23.8 Å². The summed E-state index contributed by atoms with van der Waals surface area (Å²) in [6, 6.07) is 48.4. The predicted octanol–water partition coefficient (Wildman–Crippen LogP) is 12.1. The molecule has 1 aliphatic rings. The van der Waals surface area contributed by atoms with Gasteiger partial charge < -0.3 is 8.83 Å². The van der Waals surface area contributed by atoms with Crippen LogP contribution in [0.3, 0.4) is 0 Å². The lowest BCUT2D eigenvalue weighted by Gasteiger charge is -2.22. The second-order valence-electron chi connectivity index (χ2n) is 14.0. The molecule has 0 radical (unpaired) electrons. The van der Waals surface area contributed by atoms with Crippen molar-refractivity contribution in [2.45, 2.75) is 19.3 Å². The molecule has 0 unspecified atom stereocenters. The first-order chi connectivity index (χ1) is 25.0. The SMILES string of the molecule is CC1(C)c2cc(-c3nc(-c4cccc5oc6ccccc6c45)nc(-c4cccc5oc6ccccc6c45)n3)ccc2-c2cc3ccccc3cc21. The molecule has 0 N–H and O–H groups in total. The molecule has 0 saturated heterocycles. The molecular formula is C46H29N3O2. The topological polar surface area (TPSA) is 65.0 Å². The van der Waals surface area contributed by atoms with Crippen LogP contribution in [0, 0.1) is 0 Å². The van der Waals surface area contributed by atoms with Gasteiger partial charge in [0.15, 0.2) is 17.5 Å². The zero-order valence-electron chi connectivity index (χ0n) is 27.9. The molecule has 0 fully saturated rings. The van der Waals surface area contributed by atoms with Gasteiger partial charge in [-0.3, -0.25) is 0 Å². The minimum absolute atomic E-state index is 0.202. The summed E-state index contributed by atoms with van der Waals surface area (Å²) in [7, 11) is 0. The van der Waals surface area contributed by atoms with Crippen molar-refractivity contribution in [2.75, 3.05) is 0 Å². The first-order valence-electron chi connectivity index (χ1n) is 17.3. The van der Waals surface area contributed by atoms with E-state index >= 15 is 0 Å². The van der Waals surface area contributed by atoms with Crippen LogP contribution in [0.25, 0.3) is 99.9 Å². The third-order valence-electron chi connectivity index (χ3n) is 10.7. The second kappa shape index (κ2) is 10.2. The maximum atomic E-state index is 6.29. The number of benzene rings is 7. The quantitative estimate of drug-likeness (QED) is 0.189. The molecule has 11 rings (SSSR count). The minimum Gasteiger partial charge on any atom is -0.456 e. The molecule has 0 atom stereocenters. The van der Waals surface area contributed by atoms with Gasteiger partial charge in [-0.2, -0.15) is 0 Å². The number of aromatic nitrogens is 3. The molecule has 240 valence electrons. The monoisotopic (exact) mass is 655 g/mol. The van der Waals surface area contributed by atoms with Gasteiger partial charge in [0.05, 0.1) is 0 Å². The number of para-hydroxylation sites is 2. The molecule has 5 heteroatoms. The van der Waals surface area contributed by atoms with Crippen molar-refractivity contribution in [1.29, 1.82) is 0 Å². The van der Waals surface area contributed by atoms with Gasteiger partial charge >= 0.3 is 0 Å². The zero-order chi connectivity index (χ0) is 33.8. The van der Waals surface area contributed by atoms with Gasteiger partial charge in [0.2, 0.25) is 0 Å². The fourth-order valence-corrected chi connectivity index (χ4v) is 8.23. The van der Waals surface area contributed by atoms with Gasteiger partial charge in [-0.1, -0.05) is 111 Å². The molecule has 3 aromatic heterocycles. The molecule has 3 heterocycles. The summed E-state index contributed by atoms with van der Waals surface area (Å²) in [6.45, 7) is 4.63. The first-order valence-corrected chi connectivity index (χ1v) is 17.3. The Morgan fingerprint density at radius 3 is 1.55 bits per heavy atom. The molecular weight excluding hydrogens is 627 g/mol. The van der Waals surface area contributed by atoms with Crippen molar-refractivity contribution in [3.63, 3.8) is 0 Å². The molecule has 0 spiro atoms. The van der Waals surface area contributed by atoms with E-state index in [-0.39, 0.29) is 5.41 Å². The van der Waals surface area contributed by atoms with E-state index in [9.17, 15) is 0 Å². The maximum absolute atomic E-state index is 6.29. The van der Waals surface area contributed by atoms with E-state index in [0.717, 1.165) is 60.6 Å². The minimum atomic E-state index is -0.202. The Morgan fingerprint density at radius 1 is 0.412 bits per heavy atom. The van der Waals surface area contributed by atoms with Crippen molar-refractivity contribution in [3.8, 4) is 45.3 Å². The maximum Gasteiger partial charge on any atom is 0.164 e. The van der Waals surface area contributed by atoms with Crippen LogP contribution in [-0.2, 0) is 5.41 Å². The lowest BCUT2D eigenvalue weighted by molar-refractivity contribution is 0.661. The third-order valence-corrected chi connectivity index (χ3v) is 10.7. The van der Waals surface area contributed by atoms with Crippen LogP contribution in [0.4, 0.5) is 0 Å². The summed E-state index contributed by atoms with van der Waals surface area (Å²) in [5, 5.41) is 6.53. The summed E-state index contributed by atoms with van der Waals surface area (Å²) in [6.07, 6.45) is 0. The largest absolute Gasteiger partial charge is 0.456 e. The first kappa shape index (κ1) is 28.3. The van der Waals surface area contributed by atoms with Gasteiger partial charge in [-0.25, -0.2) is 15.0 Å². The Balaban J connectivity index is 1.17. The van der Waals surface area contributed by atoms with Crippen LogP contribution in [0.5, 0.6) is 0 Å². The van der Waals surface area contributed by atoms with E-state index in [1.165, 1.54) is 33.0 Å². The Hall–Kier alpha value is -6.59. The number of rotatable bonds is 3. The predicted molar refractivity (Wildman–Crippen MR) is 206 cm³/mol. The second-order valence-corrected chi connectivity index (χ2v) is 14.0. The van der Waals surface area contributed by atoms with Crippen molar-refractivity contribution < 1.29 is 8.83 Å². The van der Waals surface area contributed by atoms with Crippen molar-refractivity contribution in [2.24, 2.45) is 0 Å². The molecule has 0 aliphatic heterocycles. The summed E-state index contributed by atoms with van der Waals surface area (Å²) in [5.74, 6) is 1.79. The highest BCUT2D eigenvalue weighted by atomic mass is 16.3. The number of hydrogen-bond donors (Lipinski definition) is 0. The van der Waals surface area contributed by atoms with Gasteiger partial charge in [0, 0.05) is 43.7 Å². The van der Waals surface area contributed by atoms with Crippen molar-refractivity contribution in [3.05, 3.63) is 151 Å². The summed E-state index contributed by atoms with van der Waals surface area (Å²) >= 11 is 0. The van der Waals surface area contributed by atoms with Crippen molar-refractivity contribution in [1.82, 2.24) is 15.0 Å². The molecule has 0 bridgehead atoms. The van der Waals surface area contributed by atoms with Crippen LogP contribution in [0.15, 0.2) is 148 Å². The number of hydrogen-bond acceptors (Lipinski definition) is 5. The van der Waals surface area contributed by atoms with Crippen LogP contribution in [-0.4, -0.2) is 15.0 Å². The van der Waals surface area contributed by atoms with Crippen LogP contribution in [0.2, 0.25) is 0 Å². The van der Waals surface area contributed by atoms with E-state index in [2.05, 4.69) is 92.7 Å². The van der Waals surface area contributed by atoms with E-state index in [1.54, 1.807) is 0 Å². The molecule has 0 amide bonds. The molecule has 0 saturated carbocycles. The molecule has 1 aliphatic carbocycles. The number of furan rings is 2. The lowest BCUT2D eigenvalue weighted by Crippen LogP contribution is -2.15. The molecule has 10 aromatic rings. The van der Waals surface area contributed by atoms with Crippen LogP contribution >= 0.6 is 0 Å². The summed E-state index contributed by atoms with van der Waals surface area (Å²) < 4.78 is 12.6. The molecule has 51 heavy (non-hydrogen) atoms. The van der Waals surface area contributed by atoms with Crippen molar-refractivity contribution >= 4 is 54.6 Å². The Morgan fingerprint density at radius 2 is 0.922 bits per heavy atom. The normalized spacial score (nSPS) is 13.5. The fraction of sp³-hybridized carbons (Fsp3) is 0.0652. The Labute approximate surface area is 292 Å². The Bertz CT molecular complexity index is 2940. The number of fused-ring (bicyclic) bond motifs is 10. The smallest absolute Gasteiger partial charge is 0.164 e. The highest BCUT2D eigenvalue weighted by Crippen LogP contribution is 2.51. The van der Waals surface area contributed by atoms with E-state index in [1.807, 2.05) is 60.7 Å². The number of nitrogens with zero attached hydrogens (tertiary/aromatic N) is 3. The zero-order valence-corrected chi connectivity index (χ0v) is 27.9. The average molecular weight is 656 g/mol. The van der Waals surface area contributed by atoms with Gasteiger partial charge in [0.1, 0.15) is 22.3 Å². The highest BCUT2D eigenvalue weighted by Gasteiger charge is 2.36. The van der Waals surface area contributed by atoms with Gasteiger partial charge in [-0.15, -0.1) is 0 Å². The summed E-state index contributed by atoms with van der Waals surface area (Å²) in [4.78, 5) is 15.7. The van der Waals surface area contributed by atoms with Crippen LogP contribution in [0.1, 0.15) is 25.0 Å². The van der Waals surface area contributed by atoms with Gasteiger partial charge in [0.25, 0.3) is 0 Å².